The number of carbonyl (C=O) groups is 2. The third kappa shape index (κ3) is 4.71. The van der Waals surface area contributed by atoms with Gasteiger partial charge in [-0.3, -0.25) is 10.6 Å². The van der Waals surface area contributed by atoms with Gasteiger partial charge in [0.15, 0.2) is 0 Å². The second-order valence-electron chi connectivity index (χ2n) is 3.18. The summed E-state index contributed by atoms with van der Waals surface area (Å²) in [5.41, 5.74) is 1.05. The Labute approximate surface area is 104 Å². The minimum atomic E-state index is -0.655. The quantitative estimate of drug-likeness (QED) is 0.754. The topological polar surface area (TPSA) is 96.9 Å². The Morgan fingerprint density at radius 1 is 1.11 bits per heavy atom. The first-order valence-corrected chi connectivity index (χ1v) is 5.15. The van der Waals surface area contributed by atoms with Crippen molar-refractivity contribution in [2.24, 2.45) is 0 Å². The Morgan fingerprint density at radius 2 is 1.61 bits per heavy atom. The average Bonchev–Trinajstić information content (AvgIpc) is 2.38. The van der Waals surface area contributed by atoms with Gasteiger partial charge in [-0.2, -0.15) is 0 Å². The Bertz CT molecular complexity index is 404. The fraction of sp³-hybridized carbons (Fsp3) is 0.273. The molecule has 0 aliphatic rings. The fourth-order valence-corrected chi connectivity index (χ4v) is 1.10. The third-order valence-corrected chi connectivity index (χ3v) is 1.89. The van der Waals surface area contributed by atoms with Crippen LogP contribution in [0.15, 0.2) is 24.3 Å². The summed E-state index contributed by atoms with van der Waals surface area (Å²) in [5.74, 6) is 0. The predicted molar refractivity (Wildman–Crippen MR) is 64.5 cm³/mol. The molecule has 0 saturated heterocycles. The number of carbonyl (C=O) groups excluding carboxylic acids is 2. The lowest BCUT2D eigenvalue weighted by atomic mass is 10.3. The van der Waals surface area contributed by atoms with E-state index < -0.39 is 12.2 Å². The number of hydrogen-bond acceptors (Lipinski definition) is 5. The minimum absolute atomic E-state index is 0.0617. The summed E-state index contributed by atoms with van der Waals surface area (Å²) in [6, 6.07) is 6.37. The molecule has 0 atom stereocenters. The summed E-state index contributed by atoms with van der Waals surface area (Å²) in [4.78, 5) is 22.1. The van der Waals surface area contributed by atoms with E-state index in [0.717, 1.165) is 0 Å². The van der Waals surface area contributed by atoms with Gasteiger partial charge in [0.1, 0.15) is 6.61 Å². The van der Waals surface area contributed by atoms with Crippen molar-refractivity contribution in [3.8, 4) is 0 Å². The monoisotopic (exact) mass is 254 g/mol. The van der Waals surface area contributed by atoms with Gasteiger partial charge in [0.25, 0.3) is 0 Å². The van der Waals surface area contributed by atoms with Crippen LogP contribution in [0.4, 0.5) is 21.0 Å². The zero-order valence-corrected chi connectivity index (χ0v) is 9.80. The molecule has 1 aromatic carbocycles. The molecule has 0 radical (unpaired) electrons. The minimum Gasteiger partial charge on any atom is -0.453 e. The molecular weight excluding hydrogens is 240 g/mol. The number of hydrogen-bond donors (Lipinski definition) is 3. The van der Waals surface area contributed by atoms with Crippen LogP contribution in [-0.4, -0.2) is 37.6 Å². The molecule has 7 nitrogen and oxygen atoms in total. The molecule has 0 unspecified atom stereocenters. The molecule has 0 aliphatic carbocycles. The van der Waals surface area contributed by atoms with Gasteiger partial charge < -0.3 is 14.6 Å². The molecule has 2 amide bonds. The summed E-state index contributed by atoms with van der Waals surface area (Å²) >= 11 is 0. The highest BCUT2D eigenvalue weighted by atomic mass is 16.6. The SMILES string of the molecule is COC(=O)Nc1ccc(NC(=O)OCCO)cc1. The molecule has 18 heavy (non-hydrogen) atoms. The maximum Gasteiger partial charge on any atom is 0.411 e. The van der Waals surface area contributed by atoms with Crippen LogP contribution in [0.2, 0.25) is 0 Å². The van der Waals surface area contributed by atoms with Crippen LogP contribution in [0.3, 0.4) is 0 Å². The van der Waals surface area contributed by atoms with Crippen LogP contribution in [-0.2, 0) is 9.47 Å². The van der Waals surface area contributed by atoms with E-state index in [2.05, 4.69) is 20.1 Å². The van der Waals surface area contributed by atoms with E-state index in [9.17, 15) is 9.59 Å². The van der Waals surface area contributed by atoms with Crippen LogP contribution in [0.1, 0.15) is 0 Å². The number of benzene rings is 1. The number of nitrogens with one attached hydrogen (secondary N) is 2. The molecule has 1 aromatic rings. The highest BCUT2D eigenvalue weighted by molar-refractivity contribution is 5.87. The van der Waals surface area contributed by atoms with Gasteiger partial charge in [0, 0.05) is 11.4 Å². The van der Waals surface area contributed by atoms with E-state index in [4.69, 9.17) is 5.11 Å². The van der Waals surface area contributed by atoms with Gasteiger partial charge >= 0.3 is 12.2 Å². The molecule has 0 spiro atoms. The first-order chi connectivity index (χ1) is 8.65. The predicted octanol–water partition coefficient (Wildman–Crippen LogP) is 1.41. The Kier molecular flexibility index (Phi) is 5.46. The van der Waals surface area contributed by atoms with E-state index in [-0.39, 0.29) is 13.2 Å². The first kappa shape index (κ1) is 13.8. The standard InChI is InChI=1S/C11H14N2O5/c1-17-10(15)12-8-2-4-9(5-3-8)13-11(16)18-7-6-14/h2-5,14H,6-7H2,1H3,(H,12,15)(H,13,16). The zero-order chi connectivity index (χ0) is 13.4. The molecule has 3 N–H and O–H groups in total. The van der Waals surface area contributed by atoms with E-state index >= 15 is 0 Å². The van der Waals surface area contributed by atoms with Crippen molar-refractivity contribution in [3.05, 3.63) is 24.3 Å². The van der Waals surface area contributed by atoms with Crippen molar-refractivity contribution >= 4 is 23.6 Å². The number of ether oxygens (including phenoxy) is 2. The first-order valence-electron chi connectivity index (χ1n) is 5.15. The zero-order valence-electron chi connectivity index (χ0n) is 9.80. The van der Waals surface area contributed by atoms with Crippen LogP contribution >= 0.6 is 0 Å². The van der Waals surface area contributed by atoms with Crippen molar-refractivity contribution in [2.75, 3.05) is 31.0 Å². The molecule has 0 heterocycles. The van der Waals surface area contributed by atoms with Crippen LogP contribution < -0.4 is 10.6 Å². The van der Waals surface area contributed by atoms with E-state index in [0.29, 0.717) is 11.4 Å². The molecule has 0 aliphatic heterocycles. The average molecular weight is 254 g/mol. The Hall–Kier alpha value is -2.28. The van der Waals surface area contributed by atoms with Gasteiger partial charge in [-0.15, -0.1) is 0 Å². The second-order valence-corrected chi connectivity index (χ2v) is 3.18. The molecule has 98 valence electrons. The van der Waals surface area contributed by atoms with E-state index in [1.807, 2.05) is 0 Å². The molecule has 1 rings (SSSR count). The second kappa shape index (κ2) is 7.13. The maximum atomic E-state index is 11.1. The van der Waals surface area contributed by atoms with Crippen molar-refractivity contribution < 1.29 is 24.2 Å². The highest BCUT2D eigenvalue weighted by Gasteiger charge is 2.03. The summed E-state index contributed by atoms with van der Waals surface area (Å²) < 4.78 is 9.05. The van der Waals surface area contributed by atoms with Crippen molar-refractivity contribution in [1.29, 1.82) is 0 Å². The van der Waals surface area contributed by atoms with Crippen molar-refractivity contribution in [3.63, 3.8) is 0 Å². The fourth-order valence-electron chi connectivity index (χ4n) is 1.10. The lowest BCUT2D eigenvalue weighted by Crippen LogP contribution is -2.16. The molecule has 0 fully saturated rings. The number of amides is 2. The molecule has 0 bridgehead atoms. The van der Waals surface area contributed by atoms with Crippen molar-refractivity contribution in [2.45, 2.75) is 0 Å². The number of anilines is 2. The smallest absolute Gasteiger partial charge is 0.411 e. The molecule has 0 aromatic heterocycles. The Morgan fingerprint density at radius 3 is 2.06 bits per heavy atom. The number of rotatable bonds is 4. The van der Waals surface area contributed by atoms with Gasteiger partial charge in [-0.1, -0.05) is 0 Å². The summed E-state index contributed by atoms with van der Waals surface area (Å²) in [5, 5.41) is 13.4. The maximum absolute atomic E-state index is 11.1. The summed E-state index contributed by atoms with van der Waals surface area (Å²) in [6.07, 6.45) is -1.23. The third-order valence-electron chi connectivity index (χ3n) is 1.89. The number of methoxy groups -OCH3 is 1. The van der Waals surface area contributed by atoms with Gasteiger partial charge in [0.2, 0.25) is 0 Å². The molecular formula is C11H14N2O5. The lowest BCUT2D eigenvalue weighted by Gasteiger charge is -2.07. The molecule has 7 heteroatoms. The van der Waals surface area contributed by atoms with Crippen LogP contribution in [0.25, 0.3) is 0 Å². The summed E-state index contributed by atoms with van der Waals surface area (Å²) in [6.45, 7) is -0.288. The van der Waals surface area contributed by atoms with Crippen LogP contribution in [0.5, 0.6) is 0 Å². The lowest BCUT2D eigenvalue weighted by molar-refractivity contribution is 0.131. The summed E-state index contributed by atoms with van der Waals surface area (Å²) in [7, 11) is 1.27. The van der Waals surface area contributed by atoms with Gasteiger partial charge in [-0.25, -0.2) is 9.59 Å². The number of aliphatic hydroxyl groups is 1. The largest absolute Gasteiger partial charge is 0.453 e. The van der Waals surface area contributed by atoms with E-state index in [1.165, 1.54) is 7.11 Å². The normalized spacial score (nSPS) is 9.44. The Balaban J connectivity index is 2.49. The van der Waals surface area contributed by atoms with Gasteiger partial charge in [0.05, 0.1) is 13.7 Å². The molecule has 0 saturated carbocycles. The highest BCUT2D eigenvalue weighted by Crippen LogP contribution is 2.13. The number of aliphatic hydroxyl groups excluding tert-OH is 1. The van der Waals surface area contributed by atoms with E-state index in [1.54, 1.807) is 24.3 Å². The van der Waals surface area contributed by atoms with Crippen LogP contribution in [0, 0.1) is 0 Å². The van der Waals surface area contributed by atoms with Crippen molar-refractivity contribution in [1.82, 2.24) is 0 Å². The van der Waals surface area contributed by atoms with Gasteiger partial charge in [-0.05, 0) is 24.3 Å².